The molecule has 3 amide bonds. The third-order valence-electron chi connectivity index (χ3n) is 6.50. The van der Waals surface area contributed by atoms with Crippen molar-refractivity contribution in [1.82, 2.24) is 20.0 Å². The quantitative estimate of drug-likeness (QED) is 0.354. The summed E-state index contributed by atoms with van der Waals surface area (Å²) in [5, 5.41) is 5.52. The molecule has 4 rings (SSSR count). The van der Waals surface area contributed by atoms with E-state index in [0.717, 1.165) is 11.3 Å². The lowest BCUT2D eigenvalue weighted by molar-refractivity contribution is -0.139. The molecule has 1 aromatic carbocycles. The van der Waals surface area contributed by atoms with E-state index in [1.807, 2.05) is 22.4 Å². The second-order valence-corrected chi connectivity index (χ2v) is 10.7. The molecule has 1 aromatic heterocycles. The fourth-order valence-corrected chi connectivity index (χ4v) is 5.68. The van der Waals surface area contributed by atoms with Crippen molar-refractivity contribution in [2.75, 3.05) is 45.9 Å². The Morgan fingerprint density at radius 3 is 2.68 bits per heavy atom. The summed E-state index contributed by atoms with van der Waals surface area (Å²) >= 11 is 13.8. The van der Waals surface area contributed by atoms with Crippen molar-refractivity contribution in [3.8, 4) is 0 Å². The number of carbonyl (C=O) groups is 3. The zero-order valence-corrected chi connectivity index (χ0v) is 23.4. The van der Waals surface area contributed by atoms with Gasteiger partial charge in [-0.1, -0.05) is 41.4 Å². The summed E-state index contributed by atoms with van der Waals surface area (Å²) in [6.45, 7) is 8.74. The number of halogens is 2. The molecule has 1 fully saturated rings. The highest BCUT2D eigenvalue weighted by Gasteiger charge is 2.39. The Morgan fingerprint density at radius 1 is 1.18 bits per heavy atom. The van der Waals surface area contributed by atoms with Gasteiger partial charge in [-0.05, 0) is 42.5 Å². The van der Waals surface area contributed by atoms with E-state index in [4.69, 9.17) is 27.9 Å². The summed E-state index contributed by atoms with van der Waals surface area (Å²) in [6, 6.07) is 7.61. The van der Waals surface area contributed by atoms with Crippen molar-refractivity contribution in [2.24, 2.45) is 0 Å². The van der Waals surface area contributed by atoms with Gasteiger partial charge in [-0.25, -0.2) is 9.59 Å². The van der Waals surface area contributed by atoms with Gasteiger partial charge in [-0.3, -0.25) is 14.6 Å². The average molecular weight is 578 g/mol. The van der Waals surface area contributed by atoms with Gasteiger partial charge in [0.1, 0.15) is 0 Å². The molecule has 3 heterocycles. The molecule has 2 aliphatic heterocycles. The van der Waals surface area contributed by atoms with Gasteiger partial charge in [0, 0.05) is 45.0 Å². The van der Waals surface area contributed by atoms with E-state index >= 15 is 0 Å². The zero-order chi connectivity index (χ0) is 27.2. The van der Waals surface area contributed by atoms with E-state index in [2.05, 4.69) is 16.8 Å². The standard InChI is InChI=1S/C27H30Cl2N4O4S/c1-3-10-33-21(17-31-11-6-12-32(14-13-31)25(34)22-7-5-15-38-22)23(26(35)37-4-2)24(30-27(33)36)18-8-9-19(28)20(29)16-18/h3,5,7-9,15-16,24H,1,4,6,10-14,17H2,2H3,(H,30,36). The molecule has 2 aliphatic rings. The topological polar surface area (TPSA) is 82.2 Å². The zero-order valence-electron chi connectivity index (χ0n) is 21.1. The van der Waals surface area contributed by atoms with Gasteiger partial charge in [0.2, 0.25) is 0 Å². The third-order valence-corrected chi connectivity index (χ3v) is 8.10. The number of amides is 3. The van der Waals surface area contributed by atoms with Crippen molar-refractivity contribution >= 4 is 52.4 Å². The van der Waals surface area contributed by atoms with Crippen LogP contribution in [0, 0.1) is 0 Å². The lowest BCUT2D eigenvalue weighted by atomic mass is 9.94. The van der Waals surface area contributed by atoms with E-state index in [0.29, 0.717) is 59.6 Å². The maximum absolute atomic E-state index is 13.4. The molecule has 202 valence electrons. The van der Waals surface area contributed by atoms with Crippen LogP contribution in [-0.2, 0) is 9.53 Å². The molecule has 0 bridgehead atoms. The first-order valence-electron chi connectivity index (χ1n) is 12.4. The number of nitrogens with zero attached hydrogens (tertiary/aromatic N) is 3. The van der Waals surface area contributed by atoms with Crippen molar-refractivity contribution < 1.29 is 19.1 Å². The van der Waals surface area contributed by atoms with Crippen LogP contribution in [-0.4, -0.2) is 78.5 Å². The number of esters is 1. The van der Waals surface area contributed by atoms with E-state index in [1.165, 1.54) is 16.2 Å². The van der Waals surface area contributed by atoms with Crippen LogP contribution in [0.5, 0.6) is 0 Å². The van der Waals surface area contributed by atoms with Crippen molar-refractivity contribution in [2.45, 2.75) is 19.4 Å². The molecule has 0 aliphatic carbocycles. The number of rotatable bonds is 8. The van der Waals surface area contributed by atoms with Gasteiger partial charge in [0.05, 0.1) is 33.1 Å². The van der Waals surface area contributed by atoms with Crippen LogP contribution in [0.4, 0.5) is 4.79 Å². The molecule has 1 N–H and O–H groups in total. The molecule has 8 nitrogen and oxygen atoms in total. The number of urea groups is 1. The van der Waals surface area contributed by atoms with Crippen molar-refractivity contribution in [1.29, 1.82) is 0 Å². The lowest BCUT2D eigenvalue weighted by Crippen LogP contribution is -2.51. The lowest BCUT2D eigenvalue weighted by Gasteiger charge is -2.38. The summed E-state index contributed by atoms with van der Waals surface area (Å²) in [4.78, 5) is 45.8. The van der Waals surface area contributed by atoms with Crippen LogP contribution in [0.1, 0.15) is 34.6 Å². The first kappa shape index (κ1) is 28.2. The smallest absolute Gasteiger partial charge is 0.338 e. The molecule has 38 heavy (non-hydrogen) atoms. The summed E-state index contributed by atoms with van der Waals surface area (Å²) in [5.74, 6) is -0.491. The average Bonchev–Trinajstić information content (AvgIpc) is 3.34. The molecule has 1 saturated heterocycles. The summed E-state index contributed by atoms with van der Waals surface area (Å²) in [5.41, 5.74) is 1.50. The molecule has 2 aromatic rings. The Kier molecular flexibility index (Phi) is 9.49. The van der Waals surface area contributed by atoms with Crippen LogP contribution in [0.2, 0.25) is 10.0 Å². The predicted molar refractivity (Wildman–Crippen MR) is 150 cm³/mol. The fourth-order valence-electron chi connectivity index (χ4n) is 4.69. The van der Waals surface area contributed by atoms with Gasteiger partial charge >= 0.3 is 12.0 Å². The number of thiophene rings is 1. The monoisotopic (exact) mass is 576 g/mol. The van der Waals surface area contributed by atoms with Crippen LogP contribution in [0.15, 0.2) is 59.6 Å². The third kappa shape index (κ3) is 6.23. The highest BCUT2D eigenvalue weighted by Crippen LogP contribution is 2.35. The highest BCUT2D eigenvalue weighted by molar-refractivity contribution is 7.12. The molecule has 11 heteroatoms. The number of benzene rings is 1. The fraction of sp³-hybridized carbons (Fsp3) is 0.370. The Bertz CT molecular complexity index is 1230. The van der Waals surface area contributed by atoms with Gasteiger partial charge in [0.15, 0.2) is 0 Å². The van der Waals surface area contributed by atoms with Gasteiger partial charge < -0.3 is 15.0 Å². The minimum Gasteiger partial charge on any atom is -0.463 e. The molecule has 0 radical (unpaired) electrons. The molecule has 1 atom stereocenters. The molecular formula is C27H30Cl2N4O4S. The maximum Gasteiger partial charge on any atom is 0.338 e. The van der Waals surface area contributed by atoms with Crippen LogP contribution in [0.3, 0.4) is 0 Å². The van der Waals surface area contributed by atoms with E-state index in [9.17, 15) is 14.4 Å². The summed E-state index contributed by atoms with van der Waals surface area (Å²) < 4.78 is 5.45. The van der Waals surface area contributed by atoms with Gasteiger partial charge in [-0.2, -0.15) is 0 Å². The molecular weight excluding hydrogens is 547 g/mol. The van der Waals surface area contributed by atoms with E-state index in [1.54, 1.807) is 31.2 Å². The first-order chi connectivity index (χ1) is 18.3. The summed E-state index contributed by atoms with van der Waals surface area (Å²) in [7, 11) is 0. The number of nitrogens with one attached hydrogen (secondary N) is 1. The van der Waals surface area contributed by atoms with Crippen LogP contribution >= 0.6 is 34.5 Å². The number of hydrogen-bond donors (Lipinski definition) is 1. The van der Waals surface area contributed by atoms with Crippen LogP contribution < -0.4 is 5.32 Å². The molecule has 1 unspecified atom stereocenters. The number of hydrogen-bond acceptors (Lipinski definition) is 6. The van der Waals surface area contributed by atoms with Gasteiger partial charge in [-0.15, -0.1) is 17.9 Å². The number of ether oxygens (including phenoxy) is 1. The number of carbonyl (C=O) groups excluding carboxylic acids is 3. The second-order valence-electron chi connectivity index (χ2n) is 8.94. The highest BCUT2D eigenvalue weighted by atomic mass is 35.5. The SMILES string of the molecule is C=CCN1C(=O)NC(c2ccc(Cl)c(Cl)c2)C(C(=O)OCC)=C1CN1CCCN(C(=O)c2cccs2)CC1. The van der Waals surface area contributed by atoms with E-state index < -0.39 is 12.0 Å². The largest absolute Gasteiger partial charge is 0.463 e. The minimum absolute atomic E-state index is 0.0262. The van der Waals surface area contributed by atoms with Gasteiger partial charge in [0.25, 0.3) is 5.91 Å². The Balaban J connectivity index is 1.67. The predicted octanol–water partition coefficient (Wildman–Crippen LogP) is 4.97. The summed E-state index contributed by atoms with van der Waals surface area (Å²) in [6.07, 6.45) is 2.38. The second kappa shape index (κ2) is 12.8. The normalized spacial score (nSPS) is 18.7. The van der Waals surface area contributed by atoms with E-state index in [-0.39, 0.29) is 25.1 Å². The Morgan fingerprint density at radius 2 is 2.00 bits per heavy atom. The van der Waals surface area contributed by atoms with Crippen LogP contribution in [0.25, 0.3) is 0 Å². The Labute approximate surface area is 236 Å². The van der Waals surface area contributed by atoms with Crippen molar-refractivity contribution in [3.05, 3.63) is 80.1 Å². The minimum atomic E-state index is -0.767. The molecule has 0 spiro atoms. The molecule has 0 saturated carbocycles. The Hall–Kier alpha value is -2.85. The maximum atomic E-state index is 13.4. The first-order valence-corrected chi connectivity index (χ1v) is 14.1. The van der Waals surface area contributed by atoms with Crippen molar-refractivity contribution in [3.63, 3.8) is 0 Å².